The van der Waals surface area contributed by atoms with Crippen molar-refractivity contribution in [1.82, 2.24) is 10.3 Å². The van der Waals surface area contributed by atoms with E-state index in [1.807, 2.05) is 0 Å². The molecule has 1 aliphatic rings. The fourth-order valence-electron chi connectivity index (χ4n) is 1.90. The van der Waals surface area contributed by atoms with Gasteiger partial charge in [-0.05, 0) is 25.0 Å². The first-order valence-corrected chi connectivity index (χ1v) is 7.36. The van der Waals surface area contributed by atoms with E-state index in [4.69, 9.17) is 0 Å². The molecule has 0 amide bonds. The molecule has 0 spiro atoms. The van der Waals surface area contributed by atoms with Gasteiger partial charge in [0.15, 0.2) is 0 Å². The number of halogens is 3. The molecule has 1 saturated carbocycles. The Labute approximate surface area is 123 Å². The number of rotatable bonds is 5. The van der Waals surface area contributed by atoms with Gasteiger partial charge in [-0.3, -0.25) is 0 Å². The molecule has 0 saturated heterocycles. The summed E-state index contributed by atoms with van der Waals surface area (Å²) in [5.41, 5.74) is 0.359. The van der Waals surface area contributed by atoms with Gasteiger partial charge in [0, 0.05) is 23.7 Å². The van der Waals surface area contributed by atoms with Gasteiger partial charge in [0.05, 0.1) is 5.56 Å². The zero-order chi connectivity index (χ0) is 14.9. The summed E-state index contributed by atoms with van der Waals surface area (Å²) in [6.45, 7) is 0.699. The van der Waals surface area contributed by atoms with Crippen LogP contribution in [0.4, 0.5) is 13.2 Å². The van der Waals surface area contributed by atoms with Crippen LogP contribution in [0.3, 0.4) is 0 Å². The quantitative estimate of drug-likeness (QED) is 0.907. The smallest absolute Gasteiger partial charge is 0.405 e. The highest BCUT2D eigenvalue weighted by Gasteiger charge is 2.32. The number of hydrogen-bond acceptors (Lipinski definition) is 4. The topological polar surface area (TPSA) is 34.1 Å². The van der Waals surface area contributed by atoms with E-state index < -0.39 is 6.36 Å². The van der Waals surface area contributed by atoms with E-state index >= 15 is 0 Å². The molecule has 1 aromatic carbocycles. The molecule has 0 radical (unpaired) electrons. The highest BCUT2D eigenvalue weighted by Crippen LogP contribution is 2.35. The molecule has 0 atom stereocenters. The van der Waals surface area contributed by atoms with Gasteiger partial charge >= 0.3 is 6.36 Å². The Bertz CT molecular complexity index is 623. The lowest BCUT2D eigenvalue weighted by atomic mass is 10.2. The third-order valence-corrected chi connectivity index (χ3v) is 4.07. The van der Waals surface area contributed by atoms with Crippen molar-refractivity contribution in [1.29, 1.82) is 0 Å². The average molecular weight is 314 g/mol. The summed E-state index contributed by atoms with van der Waals surface area (Å²) in [6.07, 6.45) is -0.634. The Hall–Kier alpha value is -1.60. The number of para-hydroxylation sites is 1. The Morgan fingerprint density at radius 3 is 2.76 bits per heavy atom. The molecular formula is C14H13F3N2OS. The molecule has 0 unspecified atom stereocenters. The van der Waals surface area contributed by atoms with Gasteiger partial charge in [0.25, 0.3) is 0 Å². The molecule has 21 heavy (non-hydrogen) atoms. The van der Waals surface area contributed by atoms with Crippen LogP contribution in [0.5, 0.6) is 5.75 Å². The molecule has 1 aromatic heterocycles. The first-order chi connectivity index (χ1) is 10.0. The largest absolute Gasteiger partial charge is 0.573 e. The zero-order valence-corrected chi connectivity index (χ0v) is 11.8. The van der Waals surface area contributed by atoms with Crippen LogP contribution in [0.2, 0.25) is 0 Å². The van der Waals surface area contributed by atoms with E-state index in [0.29, 0.717) is 23.2 Å². The molecule has 1 N–H and O–H groups in total. The minimum absolute atomic E-state index is 0.221. The van der Waals surface area contributed by atoms with Gasteiger partial charge in [-0.25, -0.2) is 4.98 Å². The third-order valence-electron chi connectivity index (χ3n) is 3.04. The molecule has 3 rings (SSSR count). The molecule has 112 valence electrons. The first-order valence-electron chi connectivity index (χ1n) is 6.54. The molecule has 2 aromatic rings. The lowest BCUT2D eigenvalue weighted by Crippen LogP contribution is -2.17. The van der Waals surface area contributed by atoms with Crippen molar-refractivity contribution in [3.8, 4) is 16.3 Å². The van der Waals surface area contributed by atoms with E-state index in [9.17, 15) is 13.2 Å². The van der Waals surface area contributed by atoms with Crippen LogP contribution >= 0.6 is 11.3 Å². The number of nitrogens with one attached hydrogen (secondary N) is 1. The Balaban J connectivity index is 1.79. The number of nitrogens with zero attached hydrogens (tertiary/aromatic N) is 1. The summed E-state index contributed by atoms with van der Waals surface area (Å²) in [7, 11) is 0. The molecule has 1 aliphatic carbocycles. The monoisotopic (exact) mass is 314 g/mol. The van der Waals surface area contributed by atoms with Crippen LogP contribution in [-0.2, 0) is 6.54 Å². The lowest BCUT2D eigenvalue weighted by Gasteiger charge is -2.11. The van der Waals surface area contributed by atoms with Crippen molar-refractivity contribution in [2.75, 3.05) is 0 Å². The van der Waals surface area contributed by atoms with E-state index in [0.717, 1.165) is 4.88 Å². The second-order valence-corrected chi connectivity index (χ2v) is 5.95. The van der Waals surface area contributed by atoms with Gasteiger partial charge in [-0.2, -0.15) is 0 Å². The summed E-state index contributed by atoms with van der Waals surface area (Å²) in [5.74, 6) is -0.221. The van der Waals surface area contributed by atoms with Gasteiger partial charge in [0.1, 0.15) is 10.8 Å². The predicted molar refractivity (Wildman–Crippen MR) is 74.1 cm³/mol. The molecule has 0 bridgehead atoms. The lowest BCUT2D eigenvalue weighted by molar-refractivity contribution is -0.274. The number of thiazole rings is 1. The second kappa shape index (κ2) is 5.65. The van der Waals surface area contributed by atoms with E-state index in [1.165, 1.54) is 36.3 Å². The predicted octanol–water partition coefficient (Wildman–Crippen LogP) is 3.96. The van der Waals surface area contributed by atoms with Crippen molar-refractivity contribution in [3.05, 3.63) is 35.3 Å². The SMILES string of the molecule is FC(F)(F)Oc1ccccc1-c1ncc(CNC2CC2)s1. The minimum Gasteiger partial charge on any atom is -0.405 e. The maximum absolute atomic E-state index is 12.4. The highest BCUT2D eigenvalue weighted by atomic mass is 32.1. The number of hydrogen-bond donors (Lipinski definition) is 1. The maximum atomic E-state index is 12.4. The summed E-state index contributed by atoms with van der Waals surface area (Å²) in [4.78, 5) is 5.21. The fraction of sp³-hybridized carbons (Fsp3) is 0.357. The van der Waals surface area contributed by atoms with E-state index in [-0.39, 0.29) is 5.75 Å². The van der Waals surface area contributed by atoms with Crippen molar-refractivity contribution in [2.45, 2.75) is 31.8 Å². The van der Waals surface area contributed by atoms with Crippen molar-refractivity contribution in [2.24, 2.45) is 0 Å². The van der Waals surface area contributed by atoms with Crippen LogP contribution in [0.25, 0.3) is 10.6 Å². The summed E-state index contributed by atoms with van der Waals surface area (Å²) < 4.78 is 41.3. The van der Waals surface area contributed by atoms with Crippen LogP contribution in [0.15, 0.2) is 30.5 Å². The van der Waals surface area contributed by atoms with Gasteiger partial charge in [0.2, 0.25) is 0 Å². The number of alkyl halides is 3. The van der Waals surface area contributed by atoms with Crippen molar-refractivity contribution < 1.29 is 17.9 Å². The molecular weight excluding hydrogens is 301 g/mol. The standard InChI is InChI=1S/C14H13F3N2OS/c15-14(16,17)20-12-4-2-1-3-11(12)13-19-8-10(21-13)7-18-9-5-6-9/h1-4,8-9,18H,5-7H2. The third kappa shape index (κ3) is 3.95. The summed E-state index contributed by atoms with van der Waals surface area (Å²) in [5, 5.41) is 3.88. The fourth-order valence-corrected chi connectivity index (χ4v) is 2.80. The first kappa shape index (κ1) is 14.3. The van der Waals surface area contributed by atoms with Crippen molar-refractivity contribution in [3.63, 3.8) is 0 Å². The molecule has 0 aliphatic heterocycles. The van der Waals surface area contributed by atoms with Crippen LogP contribution in [0, 0.1) is 0 Å². The Kier molecular flexibility index (Phi) is 3.86. The maximum Gasteiger partial charge on any atom is 0.573 e. The second-order valence-electron chi connectivity index (χ2n) is 4.83. The van der Waals surface area contributed by atoms with Gasteiger partial charge < -0.3 is 10.1 Å². The molecule has 7 heteroatoms. The summed E-state index contributed by atoms with van der Waals surface area (Å²) >= 11 is 1.37. The zero-order valence-electron chi connectivity index (χ0n) is 11.0. The molecule has 1 fully saturated rings. The average Bonchev–Trinajstić information content (AvgIpc) is 3.13. The summed E-state index contributed by atoms with van der Waals surface area (Å²) in [6, 6.07) is 6.64. The Morgan fingerprint density at radius 2 is 2.05 bits per heavy atom. The van der Waals surface area contributed by atoms with Gasteiger partial charge in [-0.1, -0.05) is 12.1 Å². The van der Waals surface area contributed by atoms with E-state index in [1.54, 1.807) is 18.3 Å². The van der Waals surface area contributed by atoms with Gasteiger partial charge in [-0.15, -0.1) is 24.5 Å². The Morgan fingerprint density at radius 1 is 1.29 bits per heavy atom. The van der Waals surface area contributed by atoms with Crippen LogP contribution in [0.1, 0.15) is 17.7 Å². The number of aromatic nitrogens is 1. The van der Waals surface area contributed by atoms with Crippen LogP contribution in [-0.4, -0.2) is 17.4 Å². The van der Waals surface area contributed by atoms with E-state index in [2.05, 4.69) is 15.0 Å². The number of benzene rings is 1. The van der Waals surface area contributed by atoms with Crippen LogP contribution < -0.4 is 10.1 Å². The van der Waals surface area contributed by atoms with Crippen molar-refractivity contribution >= 4 is 11.3 Å². The highest BCUT2D eigenvalue weighted by molar-refractivity contribution is 7.15. The number of ether oxygens (including phenoxy) is 1. The molecule has 1 heterocycles. The normalized spacial score (nSPS) is 15.2. The molecule has 3 nitrogen and oxygen atoms in total. The minimum atomic E-state index is -4.70.